The predicted molar refractivity (Wildman–Crippen MR) is 65.2 cm³/mol. The molecule has 1 aromatic carbocycles. The molecule has 0 bridgehead atoms. The second-order valence-electron chi connectivity index (χ2n) is 5.85. The van der Waals surface area contributed by atoms with Gasteiger partial charge in [-0.05, 0) is 42.0 Å². The monoisotopic (exact) mass is 260 g/mol. The van der Waals surface area contributed by atoms with Crippen molar-refractivity contribution in [3.05, 3.63) is 34.9 Å². The Bertz CT molecular complexity index is 416. The molecular weight excluding hydrogens is 241 g/mol. The number of halogens is 3. The number of alkyl halides is 3. The zero-order chi connectivity index (χ0) is 14.1. The summed E-state index contributed by atoms with van der Waals surface area (Å²) in [5, 5.41) is 10.0. The molecule has 1 N–H and O–H groups in total. The maximum atomic E-state index is 12.5. The SMILES string of the molecule is Cc1cc(C(F)(F)F)ccc1C(O)CC(C)(C)C. The van der Waals surface area contributed by atoms with E-state index in [1.54, 1.807) is 6.92 Å². The summed E-state index contributed by atoms with van der Waals surface area (Å²) in [4.78, 5) is 0. The lowest BCUT2D eigenvalue weighted by Gasteiger charge is -2.24. The first-order valence-electron chi connectivity index (χ1n) is 5.86. The Hall–Kier alpha value is -1.03. The minimum Gasteiger partial charge on any atom is -0.388 e. The van der Waals surface area contributed by atoms with E-state index < -0.39 is 17.8 Å². The van der Waals surface area contributed by atoms with Gasteiger partial charge < -0.3 is 5.11 Å². The fraction of sp³-hybridized carbons (Fsp3) is 0.571. The molecule has 1 atom stereocenters. The lowest BCUT2D eigenvalue weighted by Crippen LogP contribution is -2.13. The van der Waals surface area contributed by atoms with Crippen LogP contribution in [0.1, 0.15) is 50.0 Å². The van der Waals surface area contributed by atoms with Crippen LogP contribution in [0.2, 0.25) is 0 Å². The molecule has 0 fully saturated rings. The number of aryl methyl sites for hydroxylation is 1. The van der Waals surface area contributed by atoms with Crippen LogP contribution in [0.4, 0.5) is 13.2 Å². The molecule has 0 amide bonds. The number of rotatable bonds is 2. The van der Waals surface area contributed by atoms with E-state index in [-0.39, 0.29) is 5.41 Å². The standard InChI is InChI=1S/C14H19F3O/c1-9-7-10(14(15,16)17)5-6-11(9)12(18)8-13(2,3)4/h5-7,12,18H,8H2,1-4H3. The highest BCUT2D eigenvalue weighted by molar-refractivity contribution is 5.34. The van der Waals surface area contributed by atoms with Gasteiger partial charge in [-0.15, -0.1) is 0 Å². The molecule has 1 rings (SSSR count). The molecule has 0 spiro atoms. The van der Waals surface area contributed by atoms with E-state index in [0.717, 1.165) is 12.1 Å². The molecule has 1 nitrogen and oxygen atoms in total. The van der Waals surface area contributed by atoms with Gasteiger partial charge >= 0.3 is 6.18 Å². The summed E-state index contributed by atoms with van der Waals surface area (Å²) in [5.74, 6) is 0. The van der Waals surface area contributed by atoms with Gasteiger partial charge in [0.1, 0.15) is 0 Å². The lowest BCUT2D eigenvalue weighted by atomic mass is 9.85. The molecule has 0 saturated heterocycles. The lowest BCUT2D eigenvalue weighted by molar-refractivity contribution is -0.137. The highest BCUT2D eigenvalue weighted by atomic mass is 19.4. The molecule has 0 saturated carbocycles. The van der Waals surface area contributed by atoms with E-state index in [1.807, 2.05) is 20.8 Å². The third-order valence-corrected chi connectivity index (χ3v) is 2.76. The summed E-state index contributed by atoms with van der Waals surface area (Å²) in [5.41, 5.74) is 0.292. The fourth-order valence-corrected chi connectivity index (χ4v) is 1.92. The highest BCUT2D eigenvalue weighted by Gasteiger charge is 2.31. The van der Waals surface area contributed by atoms with Crippen molar-refractivity contribution in [2.45, 2.75) is 46.4 Å². The third kappa shape index (κ3) is 4.02. The van der Waals surface area contributed by atoms with Crippen molar-refractivity contribution in [3.63, 3.8) is 0 Å². The van der Waals surface area contributed by atoms with Crippen LogP contribution < -0.4 is 0 Å². The Morgan fingerprint density at radius 3 is 2.11 bits per heavy atom. The van der Waals surface area contributed by atoms with Gasteiger partial charge in [0.2, 0.25) is 0 Å². The van der Waals surface area contributed by atoms with Gasteiger partial charge in [-0.3, -0.25) is 0 Å². The zero-order valence-corrected chi connectivity index (χ0v) is 11.1. The third-order valence-electron chi connectivity index (χ3n) is 2.76. The number of aliphatic hydroxyl groups excluding tert-OH is 1. The van der Waals surface area contributed by atoms with Crippen LogP contribution in [0.5, 0.6) is 0 Å². The summed E-state index contributed by atoms with van der Waals surface area (Å²) < 4.78 is 37.5. The van der Waals surface area contributed by atoms with Crippen LogP contribution in [-0.2, 0) is 6.18 Å². The molecule has 0 radical (unpaired) electrons. The van der Waals surface area contributed by atoms with Gasteiger partial charge in [0.05, 0.1) is 11.7 Å². The van der Waals surface area contributed by atoms with Crippen LogP contribution in [0.3, 0.4) is 0 Å². The maximum absolute atomic E-state index is 12.5. The Labute approximate surface area is 106 Å². The van der Waals surface area contributed by atoms with Crippen LogP contribution in [0.25, 0.3) is 0 Å². The fourth-order valence-electron chi connectivity index (χ4n) is 1.92. The summed E-state index contributed by atoms with van der Waals surface area (Å²) in [7, 11) is 0. The van der Waals surface area contributed by atoms with Crippen molar-refractivity contribution in [2.24, 2.45) is 5.41 Å². The van der Waals surface area contributed by atoms with Crippen molar-refractivity contribution >= 4 is 0 Å². The molecule has 4 heteroatoms. The molecule has 0 aliphatic heterocycles. The van der Waals surface area contributed by atoms with E-state index >= 15 is 0 Å². The van der Waals surface area contributed by atoms with Gasteiger partial charge in [-0.2, -0.15) is 13.2 Å². The summed E-state index contributed by atoms with van der Waals surface area (Å²) in [6, 6.07) is 3.48. The topological polar surface area (TPSA) is 20.2 Å². The van der Waals surface area contributed by atoms with E-state index in [0.29, 0.717) is 17.5 Å². The molecule has 102 valence electrons. The molecular formula is C14H19F3O. The molecule has 0 aliphatic carbocycles. The van der Waals surface area contributed by atoms with Crippen molar-refractivity contribution in [3.8, 4) is 0 Å². The van der Waals surface area contributed by atoms with Gasteiger partial charge in [-0.1, -0.05) is 26.8 Å². The predicted octanol–water partition coefficient (Wildman–Crippen LogP) is 4.48. The maximum Gasteiger partial charge on any atom is 0.416 e. The number of aliphatic hydroxyl groups is 1. The average Bonchev–Trinajstić information content (AvgIpc) is 2.12. The zero-order valence-electron chi connectivity index (χ0n) is 11.1. The summed E-state index contributed by atoms with van der Waals surface area (Å²) in [6.45, 7) is 7.54. The van der Waals surface area contributed by atoms with E-state index in [9.17, 15) is 18.3 Å². The first kappa shape index (κ1) is 15.0. The van der Waals surface area contributed by atoms with Crippen molar-refractivity contribution < 1.29 is 18.3 Å². The molecule has 1 unspecified atom stereocenters. The smallest absolute Gasteiger partial charge is 0.388 e. The van der Waals surface area contributed by atoms with Crippen LogP contribution >= 0.6 is 0 Å². The van der Waals surface area contributed by atoms with Crippen molar-refractivity contribution in [1.82, 2.24) is 0 Å². The van der Waals surface area contributed by atoms with E-state index in [4.69, 9.17) is 0 Å². The quantitative estimate of drug-likeness (QED) is 0.831. The minimum absolute atomic E-state index is 0.0748. The van der Waals surface area contributed by atoms with Crippen molar-refractivity contribution in [1.29, 1.82) is 0 Å². The molecule has 18 heavy (non-hydrogen) atoms. The van der Waals surface area contributed by atoms with Gasteiger partial charge in [-0.25, -0.2) is 0 Å². The second-order valence-corrected chi connectivity index (χ2v) is 5.85. The van der Waals surface area contributed by atoms with E-state index in [1.165, 1.54) is 6.07 Å². The van der Waals surface area contributed by atoms with Crippen LogP contribution in [0.15, 0.2) is 18.2 Å². The summed E-state index contributed by atoms with van der Waals surface area (Å²) >= 11 is 0. The second kappa shape index (κ2) is 4.92. The van der Waals surface area contributed by atoms with Gasteiger partial charge in [0.15, 0.2) is 0 Å². The van der Waals surface area contributed by atoms with Gasteiger partial charge in [0.25, 0.3) is 0 Å². The number of hydrogen-bond donors (Lipinski definition) is 1. The molecule has 0 heterocycles. The summed E-state index contributed by atoms with van der Waals surface area (Å²) in [6.07, 6.45) is -4.55. The largest absolute Gasteiger partial charge is 0.416 e. The minimum atomic E-state index is -4.34. The Balaban J connectivity index is 2.99. The first-order valence-corrected chi connectivity index (χ1v) is 5.86. The molecule has 0 aliphatic rings. The van der Waals surface area contributed by atoms with Crippen molar-refractivity contribution in [2.75, 3.05) is 0 Å². The molecule has 0 aromatic heterocycles. The van der Waals surface area contributed by atoms with E-state index in [2.05, 4.69) is 0 Å². The normalized spacial score (nSPS) is 14.7. The molecule has 1 aromatic rings. The number of hydrogen-bond acceptors (Lipinski definition) is 1. The average molecular weight is 260 g/mol. The number of benzene rings is 1. The first-order chi connectivity index (χ1) is 8.00. The van der Waals surface area contributed by atoms with Gasteiger partial charge in [0, 0.05) is 0 Å². The Morgan fingerprint density at radius 1 is 1.17 bits per heavy atom. The Kier molecular flexibility index (Phi) is 4.11. The Morgan fingerprint density at radius 2 is 1.72 bits per heavy atom. The highest BCUT2D eigenvalue weighted by Crippen LogP contribution is 2.34. The van der Waals surface area contributed by atoms with Crippen LogP contribution in [0, 0.1) is 12.3 Å². The van der Waals surface area contributed by atoms with Crippen LogP contribution in [-0.4, -0.2) is 5.11 Å².